The van der Waals surface area contributed by atoms with Crippen molar-refractivity contribution in [3.05, 3.63) is 10.4 Å². The summed E-state index contributed by atoms with van der Waals surface area (Å²) < 4.78 is 0. The van der Waals surface area contributed by atoms with Crippen LogP contribution in [0.15, 0.2) is 5.11 Å². The number of likely N-dealkylation sites (tertiary alicyclic amines) is 1. The van der Waals surface area contributed by atoms with Crippen molar-refractivity contribution in [2.24, 2.45) is 5.11 Å². The van der Waals surface area contributed by atoms with E-state index in [1.807, 2.05) is 0 Å². The number of azide groups is 1. The van der Waals surface area contributed by atoms with Crippen LogP contribution >= 0.6 is 11.8 Å². The first-order valence-corrected chi connectivity index (χ1v) is 5.91. The molecule has 0 aromatic heterocycles. The van der Waals surface area contributed by atoms with Crippen LogP contribution in [0.5, 0.6) is 0 Å². The van der Waals surface area contributed by atoms with Gasteiger partial charge in [0.15, 0.2) is 0 Å². The molecule has 0 bridgehead atoms. The van der Waals surface area contributed by atoms with Gasteiger partial charge in [-0.2, -0.15) is 11.8 Å². The van der Waals surface area contributed by atoms with Crippen molar-refractivity contribution in [2.75, 3.05) is 24.6 Å². The van der Waals surface area contributed by atoms with Gasteiger partial charge in [-0.1, -0.05) is 5.11 Å². The molecule has 0 aliphatic carbocycles. The SMILES string of the molecule is [N-]=[N+]=NC1CN(C2CCSCC2)C1. The van der Waals surface area contributed by atoms with E-state index in [0.717, 1.165) is 19.1 Å². The zero-order chi connectivity index (χ0) is 9.10. The maximum absolute atomic E-state index is 8.23. The molecule has 0 radical (unpaired) electrons. The number of hydrogen-bond donors (Lipinski definition) is 0. The molecule has 0 unspecified atom stereocenters. The van der Waals surface area contributed by atoms with Crippen LogP contribution in [0.4, 0.5) is 0 Å². The fourth-order valence-corrected chi connectivity index (χ4v) is 3.06. The van der Waals surface area contributed by atoms with Crippen LogP contribution in [-0.4, -0.2) is 41.6 Å². The molecule has 0 aromatic rings. The highest BCUT2D eigenvalue weighted by atomic mass is 32.2. The van der Waals surface area contributed by atoms with E-state index >= 15 is 0 Å². The Kier molecular flexibility index (Phi) is 2.98. The summed E-state index contributed by atoms with van der Waals surface area (Å²) in [5, 5.41) is 3.71. The third-order valence-corrected chi connectivity index (χ3v) is 3.86. The highest BCUT2D eigenvalue weighted by molar-refractivity contribution is 7.99. The second-order valence-electron chi connectivity index (χ2n) is 3.66. The minimum Gasteiger partial charge on any atom is -0.299 e. The average Bonchev–Trinajstić information content (AvgIpc) is 2.12. The van der Waals surface area contributed by atoms with Gasteiger partial charge in [0, 0.05) is 24.0 Å². The summed E-state index contributed by atoms with van der Waals surface area (Å²) in [4.78, 5) is 5.29. The van der Waals surface area contributed by atoms with Crippen molar-refractivity contribution in [3.63, 3.8) is 0 Å². The Bertz CT molecular complexity index is 214. The fourth-order valence-electron chi connectivity index (χ4n) is 1.98. The predicted octanol–water partition coefficient (Wildman–Crippen LogP) is 1.88. The lowest BCUT2D eigenvalue weighted by Gasteiger charge is -2.43. The molecule has 72 valence electrons. The van der Waals surface area contributed by atoms with Gasteiger partial charge in [-0.05, 0) is 29.9 Å². The molecule has 2 aliphatic rings. The van der Waals surface area contributed by atoms with Gasteiger partial charge in [0.1, 0.15) is 0 Å². The van der Waals surface area contributed by atoms with Gasteiger partial charge in [0.05, 0.1) is 6.04 Å². The lowest BCUT2D eigenvalue weighted by Crippen LogP contribution is -2.55. The van der Waals surface area contributed by atoms with Crippen molar-refractivity contribution < 1.29 is 0 Å². The van der Waals surface area contributed by atoms with E-state index in [4.69, 9.17) is 5.53 Å². The second-order valence-corrected chi connectivity index (χ2v) is 4.88. The van der Waals surface area contributed by atoms with E-state index in [2.05, 4.69) is 26.7 Å². The van der Waals surface area contributed by atoms with Crippen molar-refractivity contribution in [1.82, 2.24) is 4.90 Å². The Balaban J connectivity index is 1.75. The third-order valence-electron chi connectivity index (χ3n) is 2.81. The summed E-state index contributed by atoms with van der Waals surface area (Å²) in [5.41, 5.74) is 8.23. The van der Waals surface area contributed by atoms with Gasteiger partial charge in [0.25, 0.3) is 0 Å². The normalized spacial score (nSPS) is 26.5. The first-order chi connectivity index (χ1) is 6.40. The molecule has 2 saturated heterocycles. The molecule has 2 aliphatic heterocycles. The molecule has 0 atom stereocenters. The first kappa shape index (κ1) is 9.19. The van der Waals surface area contributed by atoms with E-state index in [1.165, 1.54) is 24.3 Å². The molecule has 2 fully saturated rings. The Hall–Kier alpha value is -0.380. The Morgan fingerprint density at radius 3 is 2.62 bits per heavy atom. The Morgan fingerprint density at radius 2 is 2.00 bits per heavy atom. The molecule has 0 aromatic carbocycles. The van der Waals surface area contributed by atoms with Crippen molar-refractivity contribution in [3.8, 4) is 0 Å². The maximum atomic E-state index is 8.23. The Labute approximate surface area is 82.3 Å². The fraction of sp³-hybridized carbons (Fsp3) is 1.00. The van der Waals surface area contributed by atoms with E-state index < -0.39 is 0 Å². The minimum absolute atomic E-state index is 0.250. The molecule has 0 spiro atoms. The summed E-state index contributed by atoms with van der Waals surface area (Å²) in [5.74, 6) is 2.60. The molecule has 5 heteroatoms. The number of thioether (sulfide) groups is 1. The summed E-state index contributed by atoms with van der Waals surface area (Å²) >= 11 is 2.05. The summed E-state index contributed by atoms with van der Waals surface area (Å²) in [6.45, 7) is 1.97. The number of rotatable bonds is 2. The first-order valence-electron chi connectivity index (χ1n) is 4.76. The molecule has 2 heterocycles. The monoisotopic (exact) mass is 198 g/mol. The quantitative estimate of drug-likeness (QED) is 0.386. The van der Waals surface area contributed by atoms with Gasteiger partial charge >= 0.3 is 0 Å². The van der Waals surface area contributed by atoms with Crippen molar-refractivity contribution in [1.29, 1.82) is 0 Å². The van der Waals surface area contributed by atoms with Gasteiger partial charge in [-0.3, -0.25) is 4.90 Å². The lowest BCUT2D eigenvalue weighted by atomic mass is 10.0. The van der Waals surface area contributed by atoms with Gasteiger partial charge in [-0.15, -0.1) is 0 Å². The molecule has 0 amide bonds. The van der Waals surface area contributed by atoms with Crippen LogP contribution in [0.25, 0.3) is 10.4 Å². The topological polar surface area (TPSA) is 52.0 Å². The lowest BCUT2D eigenvalue weighted by molar-refractivity contribution is 0.0888. The van der Waals surface area contributed by atoms with Crippen LogP contribution in [0.2, 0.25) is 0 Å². The average molecular weight is 198 g/mol. The highest BCUT2D eigenvalue weighted by Crippen LogP contribution is 2.26. The summed E-state index contributed by atoms with van der Waals surface area (Å²) in [7, 11) is 0. The van der Waals surface area contributed by atoms with Crippen LogP contribution in [0.3, 0.4) is 0 Å². The molecule has 2 rings (SSSR count). The van der Waals surface area contributed by atoms with Crippen molar-refractivity contribution in [2.45, 2.75) is 24.9 Å². The number of nitrogens with zero attached hydrogens (tertiary/aromatic N) is 4. The van der Waals surface area contributed by atoms with E-state index in [9.17, 15) is 0 Å². The van der Waals surface area contributed by atoms with Gasteiger partial charge in [-0.25, -0.2) is 0 Å². The largest absolute Gasteiger partial charge is 0.299 e. The van der Waals surface area contributed by atoms with Gasteiger partial charge in [0.2, 0.25) is 0 Å². The summed E-state index contributed by atoms with van der Waals surface area (Å²) in [6, 6.07) is 1.02. The predicted molar refractivity (Wildman–Crippen MR) is 54.9 cm³/mol. The minimum atomic E-state index is 0.250. The molecule has 4 nitrogen and oxygen atoms in total. The van der Waals surface area contributed by atoms with Crippen LogP contribution in [-0.2, 0) is 0 Å². The molecule has 0 N–H and O–H groups in total. The van der Waals surface area contributed by atoms with Crippen LogP contribution in [0.1, 0.15) is 12.8 Å². The standard InChI is InChI=1S/C8H14N4S/c9-11-10-7-5-12(6-7)8-1-3-13-4-2-8/h7-8H,1-6H2. The zero-order valence-electron chi connectivity index (χ0n) is 7.59. The number of hydrogen-bond acceptors (Lipinski definition) is 3. The smallest absolute Gasteiger partial charge is 0.0628 e. The van der Waals surface area contributed by atoms with Gasteiger partial charge < -0.3 is 0 Å². The molecular formula is C8H14N4S. The second kappa shape index (κ2) is 4.22. The van der Waals surface area contributed by atoms with Crippen LogP contribution in [0, 0.1) is 0 Å². The third kappa shape index (κ3) is 2.10. The molecule has 0 saturated carbocycles. The van der Waals surface area contributed by atoms with Crippen LogP contribution < -0.4 is 0 Å². The van der Waals surface area contributed by atoms with E-state index in [0.29, 0.717) is 0 Å². The van der Waals surface area contributed by atoms with Crippen molar-refractivity contribution >= 4 is 11.8 Å². The summed E-state index contributed by atoms with van der Waals surface area (Å²) in [6.07, 6.45) is 2.63. The molecular weight excluding hydrogens is 184 g/mol. The molecule has 13 heavy (non-hydrogen) atoms. The van der Waals surface area contributed by atoms with E-state index in [-0.39, 0.29) is 6.04 Å². The highest BCUT2D eigenvalue weighted by Gasteiger charge is 2.31. The zero-order valence-corrected chi connectivity index (χ0v) is 8.41. The van der Waals surface area contributed by atoms with E-state index in [1.54, 1.807) is 0 Å². The Morgan fingerprint density at radius 1 is 1.31 bits per heavy atom. The maximum Gasteiger partial charge on any atom is 0.0628 e.